The highest BCUT2D eigenvalue weighted by Crippen LogP contribution is 2.38. The van der Waals surface area contributed by atoms with Crippen molar-refractivity contribution in [2.24, 2.45) is 10.4 Å². The molecule has 7 nitrogen and oxygen atoms in total. The van der Waals surface area contributed by atoms with Crippen molar-refractivity contribution >= 4 is 11.9 Å². The van der Waals surface area contributed by atoms with Gasteiger partial charge in [-0.1, -0.05) is 12.8 Å². The number of hydrogen-bond donors (Lipinski definition) is 1. The van der Waals surface area contributed by atoms with Crippen molar-refractivity contribution in [3.05, 3.63) is 24.3 Å². The summed E-state index contributed by atoms with van der Waals surface area (Å²) in [6.45, 7) is 1.83. The van der Waals surface area contributed by atoms with Gasteiger partial charge in [0.05, 0.1) is 19.1 Å². The molecular weight excluding hydrogens is 356 g/mol. The molecule has 1 aliphatic rings. The van der Waals surface area contributed by atoms with Gasteiger partial charge in [0, 0.05) is 34.7 Å². The Labute approximate surface area is 168 Å². The highest BCUT2D eigenvalue weighted by Gasteiger charge is 2.42. The van der Waals surface area contributed by atoms with Crippen molar-refractivity contribution in [1.29, 1.82) is 0 Å². The number of guanidine groups is 1. The van der Waals surface area contributed by atoms with Crippen molar-refractivity contribution in [2.45, 2.75) is 25.7 Å². The Hall–Kier alpha value is -2.44. The minimum Gasteiger partial charge on any atom is -0.497 e. The zero-order chi connectivity index (χ0) is 20.6. The zero-order valence-electron chi connectivity index (χ0n) is 17.8. The summed E-state index contributed by atoms with van der Waals surface area (Å²) in [7, 11) is 9.05. The van der Waals surface area contributed by atoms with E-state index in [1.165, 1.54) is 0 Å². The summed E-state index contributed by atoms with van der Waals surface area (Å²) in [5.41, 5.74) is -0.320. The number of carbonyl (C=O) groups is 1. The minimum atomic E-state index is -0.320. The van der Waals surface area contributed by atoms with Crippen molar-refractivity contribution in [1.82, 2.24) is 15.1 Å². The fourth-order valence-corrected chi connectivity index (χ4v) is 3.70. The van der Waals surface area contributed by atoms with Gasteiger partial charge in [-0.05, 0) is 37.1 Å². The summed E-state index contributed by atoms with van der Waals surface area (Å²) in [5, 5.41) is 3.41. The van der Waals surface area contributed by atoms with E-state index in [2.05, 4.69) is 10.3 Å². The van der Waals surface area contributed by atoms with Gasteiger partial charge in [0.25, 0.3) is 0 Å². The maximum absolute atomic E-state index is 12.7. The summed E-state index contributed by atoms with van der Waals surface area (Å²) < 4.78 is 10.9. The molecule has 0 spiro atoms. The van der Waals surface area contributed by atoms with Crippen LogP contribution in [0.3, 0.4) is 0 Å². The summed E-state index contributed by atoms with van der Waals surface area (Å²) >= 11 is 0. The number of nitrogens with zero attached hydrogens (tertiary/aromatic N) is 3. The fraction of sp³-hybridized carbons (Fsp3) is 0.619. The van der Waals surface area contributed by atoms with Gasteiger partial charge in [-0.3, -0.25) is 9.79 Å². The number of amides is 1. The molecule has 1 amide bonds. The number of benzene rings is 1. The van der Waals surface area contributed by atoms with Crippen LogP contribution in [0.25, 0.3) is 0 Å². The van der Waals surface area contributed by atoms with Crippen LogP contribution in [-0.2, 0) is 4.79 Å². The third kappa shape index (κ3) is 5.53. The first-order chi connectivity index (χ1) is 13.4. The summed E-state index contributed by atoms with van der Waals surface area (Å²) in [6, 6.07) is 7.54. The first-order valence-corrected chi connectivity index (χ1v) is 9.82. The lowest BCUT2D eigenvalue weighted by Gasteiger charge is -2.32. The lowest BCUT2D eigenvalue weighted by molar-refractivity contribution is -0.138. The van der Waals surface area contributed by atoms with E-state index in [0.717, 1.165) is 43.1 Å². The summed E-state index contributed by atoms with van der Waals surface area (Å²) in [4.78, 5) is 20.8. The quantitative estimate of drug-likeness (QED) is 0.545. The molecule has 1 saturated carbocycles. The molecule has 1 aromatic carbocycles. The lowest BCUT2D eigenvalue weighted by atomic mass is 9.84. The largest absolute Gasteiger partial charge is 0.497 e. The van der Waals surface area contributed by atoms with E-state index in [9.17, 15) is 4.79 Å². The number of nitrogens with one attached hydrogen (secondary N) is 1. The normalized spacial score (nSPS) is 15.8. The Kier molecular flexibility index (Phi) is 7.96. The average molecular weight is 391 g/mol. The number of methoxy groups -OCH3 is 1. The van der Waals surface area contributed by atoms with Crippen LogP contribution in [0.15, 0.2) is 29.3 Å². The standard InChI is InChI=1S/C21H34N4O3/c1-22-20(23-16-21(12-6-7-13-21)19(26)24(2)3)25(4)14-15-28-18-10-8-17(27-5)9-11-18/h8-11H,6-7,12-16H2,1-5H3,(H,22,23). The maximum Gasteiger partial charge on any atom is 0.230 e. The maximum atomic E-state index is 12.7. The molecule has 0 aromatic heterocycles. The lowest BCUT2D eigenvalue weighted by Crippen LogP contribution is -2.50. The van der Waals surface area contributed by atoms with Gasteiger partial charge in [-0.15, -0.1) is 0 Å². The third-order valence-corrected chi connectivity index (χ3v) is 5.33. The van der Waals surface area contributed by atoms with Crippen LogP contribution in [0.5, 0.6) is 11.5 Å². The van der Waals surface area contributed by atoms with Gasteiger partial charge in [-0.2, -0.15) is 0 Å². The van der Waals surface area contributed by atoms with Gasteiger partial charge in [0.1, 0.15) is 18.1 Å². The predicted octanol–water partition coefficient (Wildman–Crippen LogP) is 2.23. The van der Waals surface area contributed by atoms with Gasteiger partial charge >= 0.3 is 0 Å². The van der Waals surface area contributed by atoms with Crippen molar-refractivity contribution in [3.63, 3.8) is 0 Å². The fourth-order valence-electron chi connectivity index (χ4n) is 3.70. The summed E-state index contributed by atoms with van der Waals surface area (Å²) in [6.07, 6.45) is 4.06. The van der Waals surface area contributed by atoms with E-state index in [1.807, 2.05) is 50.3 Å². The molecule has 0 bridgehead atoms. The summed E-state index contributed by atoms with van der Waals surface area (Å²) in [5.74, 6) is 2.59. The zero-order valence-corrected chi connectivity index (χ0v) is 17.8. The second-order valence-electron chi connectivity index (χ2n) is 7.53. The highest BCUT2D eigenvalue weighted by molar-refractivity contribution is 5.85. The first-order valence-electron chi connectivity index (χ1n) is 9.82. The molecule has 0 atom stereocenters. The topological polar surface area (TPSA) is 66.4 Å². The van der Waals surface area contributed by atoms with Crippen LogP contribution in [0.1, 0.15) is 25.7 Å². The highest BCUT2D eigenvalue weighted by atomic mass is 16.5. The van der Waals surface area contributed by atoms with E-state index in [0.29, 0.717) is 19.7 Å². The smallest absolute Gasteiger partial charge is 0.230 e. The Morgan fingerprint density at radius 2 is 1.75 bits per heavy atom. The molecule has 0 saturated heterocycles. The van der Waals surface area contributed by atoms with Crippen LogP contribution >= 0.6 is 0 Å². The van der Waals surface area contributed by atoms with Crippen LogP contribution < -0.4 is 14.8 Å². The van der Waals surface area contributed by atoms with E-state index in [-0.39, 0.29) is 11.3 Å². The number of hydrogen-bond acceptors (Lipinski definition) is 4. The number of aliphatic imine (C=N–C) groups is 1. The average Bonchev–Trinajstić information content (AvgIpc) is 3.18. The van der Waals surface area contributed by atoms with E-state index in [1.54, 1.807) is 19.1 Å². The SMILES string of the molecule is CN=C(NCC1(C(=O)N(C)C)CCCC1)N(C)CCOc1ccc(OC)cc1. The monoisotopic (exact) mass is 390 g/mol. The van der Waals surface area contributed by atoms with Gasteiger partial charge < -0.3 is 24.6 Å². The van der Waals surface area contributed by atoms with Crippen LogP contribution in [0.2, 0.25) is 0 Å². The Morgan fingerprint density at radius 3 is 2.29 bits per heavy atom. The van der Waals surface area contributed by atoms with Gasteiger partial charge in [0.15, 0.2) is 5.96 Å². The minimum absolute atomic E-state index is 0.207. The molecule has 156 valence electrons. The molecule has 7 heteroatoms. The van der Waals surface area contributed by atoms with Crippen LogP contribution in [0, 0.1) is 5.41 Å². The molecule has 0 unspecified atom stereocenters. The number of ether oxygens (including phenoxy) is 2. The number of carbonyl (C=O) groups excluding carboxylic acids is 1. The Bertz CT molecular complexity index is 652. The van der Waals surface area contributed by atoms with Crippen LogP contribution in [-0.4, -0.2) is 76.7 Å². The number of likely N-dealkylation sites (N-methyl/N-ethyl adjacent to an activating group) is 1. The molecule has 2 rings (SSSR count). The first kappa shape index (κ1) is 21.9. The molecule has 0 aliphatic heterocycles. The Morgan fingerprint density at radius 1 is 1.14 bits per heavy atom. The number of rotatable bonds is 8. The molecular formula is C21H34N4O3. The van der Waals surface area contributed by atoms with E-state index in [4.69, 9.17) is 9.47 Å². The molecule has 1 fully saturated rings. The predicted molar refractivity (Wildman–Crippen MR) is 112 cm³/mol. The van der Waals surface area contributed by atoms with Crippen LogP contribution in [0.4, 0.5) is 0 Å². The van der Waals surface area contributed by atoms with Crippen molar-refractivity contribution in [2.75, 3.05) is 55.0 Å². The van der Waals surface area contributed by atoms with Gasteiger partial charge in [-0.25, -0.2) is 0 Å². The molecule has 0 radical (unpaired) electrons. The van der Waals surface area contributed by atoms with E-state index >= 15 is 0 Å². The molecule has 28 heavy (non-hydrogen) atoms. The van der Waals surface area contributed by atoms with E-state index < -0.39 is 0 Å². The second-order valence-corrected chi connectivity index (χ2v) is 7.53. The molecule has 0 heterocycles. The third-order valence-electron chi connectivity index (χ3n) is 5.33. The van der Waals surface area contributed by atoms with Crippen molar-refractivity contribution in [3.8, 4) is 11.5 Å². The van der Waals surface area contributed by atoms with Crippen molar-refractivity contribution < 1.29 is 14.3 Å². The second kappa shape index (κ2) is 10.2. The Balaban J connectivity index is 1.85. The van der Waals surface area contributed by atoms with Gasteiger partial charge in [0.2, 0.25) is 5.91 Å². The molecule has 1 N–H and O–H groups in total. The molecule has 1 aliphatic carbocycles. The molecule has 1 aromatic rings.